The summed E-state index contributed by atoms with van der Waals surface area (Å²) < 4.78 is 27.1. The normalized spacial score (nSPS) is 14.3. The Hall–Kier alpha value is -2.94. The van der Waals surface area contributed by atoms with Gasteiger partial charge >= 0.3 is 0 Å². The van der Waals surface area contributed by atoms with E-state index in [9.17, 15) is 18.0 Å². The van der Waals surface area contributed by atoms with E-state index < -0.39 is 10.0 Å². The molecule has 0 unspecified atom stereocenters. The summed E-state index contributed by atoms with van der Waals surface area (Å²) in [7, 11) is -3.71. The number of rotatable bonds is 7. The molecule has 0 aliphatic carbocycles. The highest BCUT2D eigenvalue weighted by Gasteiger charge is 2.29. The van der Waals surface area contributed by atoms with Crippen LogP contribution in [-0.2, 0) is 14.8 Å². The number of amides is 2. The topological polar surface area (TPSA) is 95.6 Å². The van der Waals surface area contributed by atoms with Crippen LogP contribution in [0.4, 0.5) is 5.69 Å². The summed E-state index contributed by atoms with van der Waals surface area (Å²) in [6, 6.07) is 17.6. The van der Waals surface area contributed by atoms with Gasteiger partial charge in [-0.15, -0.1) is 0 Å². The molecule has 0 bridgehead atoms. The second kappa shape index (κ2) is 9.91. The molecule has 1 aliphatic heterocycles. The van der Waals surface area contributed by atoms with E-state index in [-0.39, 0.29) is 34.7 Å². The summed E-state index contributed by atoms with van der Waals surface area (Å²) in [6.45, 7) is 1.07. The number of benzene rings is 3. The molecule has 1 fully saturated rings. The van der Waals surface area contributed by atoms with Gasteiger partial charge in [-0.25, -0.2) is 8.42 Å². The number of halogens is 1. The van der Waals surface area contributed by atoms with Crippen LogP contribution in [0.2, 0.25) is 5.02 Å². The average Bonchev–Trinajstić information content (AvgIpc) is 3.36. The number of nitrogens with one attached hydrogen (secondary N) is 2. The Balaban J connectivity index is 1.34. The monoisotopic (exact) mass is 485 g/mol. The minimum atomic E-state index is -3.71. The van der Waals surface area contributed by atoms with Gasteiger partial charge in [0.1, 0.15) is 4.90 Å². The smallest absolute Gasteiger partial charge is 0.251 e. The number of hydrogen-bond acceptors (Lipinski definition) is 4. The molecule has 9 heteroatoms. The van der Waals surface area contributed by atoms with Crippen molar-refractivity contribution in [2.75, 3.05) is 25.0 Å². The van der Waals surface area contributed by atoms with Crippen LogP contribution in [-0.4, -0.2) is 44.2 Å². The molecule has 0 atom stereocenters. The fraction of sp³-hybridized carbons (Fsp3) is 0.250. The van der Waals surface area contributed by atoms with Gasteiger partial charge in [0.05, 0.1) is 5.02 Å². The molecule has 3 aromatic rings. The molecule has 7 nitrogen and oxygen atoms in total. The van der Waals surface area contributed by atoms with E-state index in [2.05, 4.69) is 10.6 Å². The highest BCUT2D eigenvalue weighted by Crippen LogP contribution is 2.29. The lowest BCUT2D eigenvalue weighted by molar-refractivity contribution is -0.116. The quantitative estimate of drug-likeness (QED) is 0.528. The molecule has 3 aromatic carbocycles. The molecule has 1 aliphatic rings. The second-order valence-corrected chi connectivity index (χ2v) is 10.2. The van der Waals surface area contributed by atoms with Crippen molar-refractivity contribution in [2.24, 2.45) is 0 Å². The van der Waals surface area contributed by atoms with Crippen LogP contribution in [0.15, 0.2) is 65.6 Å². The van der Waals surface area contributed by atoms with Crippen LogP contribution in [0.1, 0.15) is 29.6 Å². The highest BCUT2D eigenvalue weighted by molar-refractivity contribution is 7.89. The largest absolute Gasteiger partial charge is 0.352 e. The van der Waals surface area contributed by atoms with Crippen molar-refractivity contribution in [1.29, 1.82) is 0 Å². The Morgan fingerprint density at radius 2 is 1.67 bits per heavy atom. The molecule has 0 aromatic heterocycles. The van der Waals surface area contributed by atoms with Gasteiger partial charge in [-0.3, -0.25) is 9.59 Å². The number of carbonyl (C=O) groups is 2. The molecule has 172 valence electrons. The van der Waals surface area contributed by atoms with E-state index in [1.807, 2.05) is 30.3 Å². The van der Waals surface area contributed by atoms with Gasteiger partial charge < -0.3 is 10.6 Å². The third kappa shape index (κ3) is 5.35. The predicted octanol–water partition coefficient (Wildman–Crippen LogP) is 4.04. The Morgan fingerprint density at radius 1 is 0.939 bits per heavy atom. The molecule has 4 rings (SSSR count). The van der Waals surface area contributed by atoms with Crippen LogP contribution in [0.3, 0.4) is 0 Å². The summed E-state index contributed by atoms with van der Waals surface area (Å²) in [6.07, 6.45) is 1.67. The van der Waals surface area contributed by atoms with E-state index in [1.165, 1.54) is 16.4 Å². The van der Waals surface area contributed by atoms with Crippen molar-refractivity contribution in [3.8, 4) is 0 Å². The molecule has 33 heavy (non-hydrogen) atoms. The first-order chi connectivity index (χ1) is 15.8. The van der Waals surface area contributed by atoms with Crippen LogP contribution in [0, 0.1) is 0 Å². The number of hydrogen-bond donors (Lipinski definition) is 2. The van der Waals surface area contributed by atoms with Crippen molar-refractivity contribution in [2.45, 2.75) is 24.2 Å². The number of anilines is 1. The third-order valence-electron chi connectivity index (χ3n) is 5.55. The maximum absolute atomic E-state index is 12.8. The lowest BCUT2D eigenvalue weighted by Gasteiger charge is -2.17. The van der Waals surface area contributed by atoms with E-state index in [4.69, 9.17) is 11.6 Å². The van der Waals surface area contributed by atoms with Crippen molar-refractivity contribution >= 4 is 49.9 Å². The van der Waals surface area contributed by atoms with E-state index in [1.54, 1.807) is 18.2 Å². The number of nitrogens with zero attached hydrogens (tertiary/aromatic N) is 1. The predicted molar refractivity (Wildman–Crippen MR) is 129 cm³/mol. The first-order valence-electron chi connectivity index (χ1n) is 10.7. The Labute approximate surface area is 197 Å². The minimum Gasteiger partial charge on any atom is -0.352 e. The summed E-state index contributed by atoms with van der Waals surface area (Å²) in [5.41, 5.74) is 0.853. The maximum atomic E-state index is 12.8. The molecule has 0 spiro atoms. The number of sulfonamides is 1. The van der Waals surface area contributed by atoms with Crippen LogP contribution < -0.4 is 10.6 Å². The van der Waals surface area contributed by atoms with E-state index in [0.717, 1.165) is 23.6 Å². The van der Waals surface area contributed by atoms with Crippen molar-refractivity contribution in [3.63, 3.8) is 0 Å². The molecule has 2 amide bonds. The summed E-state index contributed by atoms with van der Waals surface area (Å²) in [5, 5.41) is 7.54. The van der Waals surface area contributed by atoms with Gasteiger partial charge in [-0.2, -0.15) is 4.31 Å². The van der Waals surface area contributed by atoms with Crippen molar-refractivity contribution < 1.29 is 18.0 Å². The molecule has 2 N–H and O–H groups in total. The van der Waals surface area contributed by atoms with Crippen LogP contribution in [0.5, 0.6) is 0 Å². The van der Waals surface area contributed by atoms with Gasteiger partial charge in [-0.05, 0) is 53.9 Å². The third-order valence-corrected chi connectivity index (χ3v) is 7.93. The minimum absolute atomic E-state index is 0.0199. The highest BCUT2D eigenvalue weighted by atomic mass is 35.5. The number of carbonyl (C=O) groups excluding carboxylic acids is 2. The average molecular weight is 486 g/mol. The Bertz CT molecular complexity index is 1300. The summed E-state index contributed by atoms with van der Waals surface area (Å²) in [4.78, 5) is 24.7. The molecule has 0 saturated carbocycles. The van der Waals surface area contributed by atoms with Crippen LogP contribution >= 0.6 is 11.6 Å². The van der Waals surface area contributed by atoms with Crippen molar-refractivity contribution in [3.05, 3.63) is 71.2 Å². The lowest BCUT2D eigenvalue weighted by Crippen LogP contribution is -2.28. The van der Waals surface area contributed by atoms with Gasteiger partial charge in [0.25, 0.3) is 5.91 Å². The fourth-order valence-corrected chi connectivity index (χ4v) is 5.81. The lowest BCUT2D eigenvalue weighted by atomic mass is 10.1. The fourth-order valence-electron chi connectivity index (χ4n) is 3.79. The summed E-state index contributed by atoms with van der Waals surface area (Å²) >= 11 is 6.14. The second-order valence-electron chi connectivity index (χ2n) is 7.87. The van der Waals surface area contributed by atoms with E-state index in [0.29, 0.717) is 24.3 Å². The Kier molecular flexibility index (Phi) is 6.97. The summed E-state index contributed by atoms with van der Waals surface area (Å²) in [5.74, 6) is -0.611. The molecule has 0 radical (unpaired) electrons. The zero-order valence-corrected chi connectivity index (χ0v) is 19.5. The van der Waals surface area contributed by atoms with Gasteiger partial charge in [0.2, 0.25) is 15.9 Å². The zero-order chi connectivity index (χ0) is 23.4. The Morgan fingerprint density at radius 3 is 2.42 bits per heavy atom. The van der Waals surface area contributed by atoms with Gasteiger partial charge in [-0.1, -0.05) is 41.9 Å². The molecule has 1 saturated heterocycles. The standard InChI is InChI=1S/C24H24ClN3O4S/c25-21-10-9-20(16-22(21)33(31,32)28-13-3-4-14-28)27-23(29)11-12-26-24(30)19-8-7-17-5-1-2-6-18(17)15-19/h1-2,5-10,15-16H,3-4,11-14H2,(H,26,30)(H,27,29). The first kappa shape index (κ1) is 23.2. The first-order valence-corrected chi connectivity index (χ1v) is 12.5. The molecule has 1 heterocycles. The van der Waals surface area contributed by atoms with Gasteiger partial charge in [0, 0.05) is 37.3 Å². The molecular formula is C24H24ClN3O4S. The SMILES string of the molecule is O=C(CCNC(=O)c1ccc2ccccc2c1)Nc1ccc(Cl)c(S(=O)(=O)N2CCCC2)c1. The zero-order valence-electron chi connectivity index (χ0n) is 17.9. The van der Waals surface area contributed by atoms with Crippen LogP contribution in [0.25, 0.3) is 10.8 Å². The molecular weight excluding hydrogens is 462 g/mol. The van der Waals surface area contributed by atoms with Crippen molar-refractivity contribution in [1.82, 2.24) is 9.62 Å². The van der Waals surface area contributed by atoms with E-state index >= 15 is 0 Å². The maximum Gasteiger partial charge on any atom is 0.251 e. The van der Waals surface area contributed by atoms with Gasteiger partial charge in [0.15, 0.2) is 0 Å². The number of fused-ring (bicyclic) bond motifs is 1.